The third-order valence-electron chi connectivity index (χ3n) is 2.76. The highest BCUT2D eigenvalue weighted by molar-refractivity contribution is 5.80. The van der Waals surface area contributed by atoms with Crippen molar-refractivity contribution in [1.29, 1.82) is 0 Å². The van der Waals surface area contributed by atoms with Gasteiger partial charge in [-0.1, -0.05) is 0 Å². The molecule has 1 aliphatic rings. The number of hydrogen-bond donors (Lipinski definition) is 2. The normalized spacial score (nSPS) is 18.2. The van der Waals surface area contributed by atoms with Crippen LogP contribution in [-0.2, 0) is 4.79 Å². The summed E-state index contributed by atoms with van der Waals surface area (Å²) in [5, 5.41) is 12.1. The Morgan fingerprint density at radius 1 is 1.62 bits per heavy atom. The van der Waals surface area contributed by atoms with Gasteiger partial charge in [0.25, 0.3) is 0 Å². The second kappa shape index (κ2) is 3.64. The van der Waals surface area contributed by atoms with E-state index in [2.05, 4.69) is 5.32 Å². The molecule has 0 atom stereocenters. The minimum Gasteiger partial charge on any atom is -0.394 e. The fraction of sp³-hybridized carbons (Fsp3) is 0.889. The van der Waals surface area contributed by atoms with E-state index in [9.17, 15) is 4.79 Å². The van der Waals surface area contributed by atoms with Crippen LogP contribution in [0, 0.1) is 5.92 Å². The first-order valence-corrected chi connectivity index (χ1v) is 4.58. The molecule has 13 heavy (non-hydrogen) atoms. The molecule has 0 aromatic rings. The molecule has 76 valence electrons. The molecule has 0 radical (unpaired) electrons. The van der Waals surface area contributed by atoms with Crippen LogP contribution >= 0.6 is 0 Å². The van der Waals surface area contributed by atoms with E-state index in [-0.39, 0.29) is 18.4 Å². The van der Waals surface area contributed by atoms with Crippen molar-refractivity contribution in [3.05, 3.63) is 0 Å². The molecule has 0 bridgehead atoms. The minimum absolute atomic E-state index is 0.00457. The number of nitrogens with zero attached hydrogens (tertiary/aromatic N) is 1. The van der Waals surface area contributed by atoms with Crippen molar-refractivity contribution in [1.82, 2.24) is 10.2 Å². The first kappa shape index (κ1) is 10.5. The zero-order valence-corrected chi connectivity index (χ0v) is 8.50. The van der Waals surface area contributed by atoms with Gasteiger partial charge in [-0.2, -0.15) is 0 Å². The van der Waals surface area contributed by atoms with Crippen molar-refractivity contribution in [2.24, 2.45) is 5.92 Å². The third-order valence-corrected chi connectivity index (χ3v) is 2.76. The quantitative estimate of drug-likeness (QED) is 0.621. The Balaban J connectivity index is 2.55. The summed E-state index contributed by atoms with van der Waals surface area (Å²) in [7, 11) is 1.75. The van der Waals surface area contributed by atoms with Gasteiger partial charge in [-0.3, -0.25) is 4.79 Å². The van der Waals surface area contributed by atoms with E-state index >= 15 is 0 Å². The lowest BCUT2D eigenvalue weighted by molar-refractivity contribution is -0.142. The fourth-order valence-electron chi connectivity index (χ4n) is 1.14. The number of hydrogen-bond acceptors (Lipinski definition) is 3. The molecule has 0 aromatic carbocycles. The molecule has 0 aliphatic carbocycles. The summed E-state index contributed by atoms with van der Waals surface area (Å²) >= 11 is 0. The lowest BCUT2D eigenvalue weighted by Gasteiger charge is -2.38. The first-order chi connectivity index (χ1) is 5.99. The maximum atomic E-state index is 11.7. The Kier molecular flexibility index (Phi) is 2.93. The average molecular weight is 186 g/mol. The van der Waals surface area contributed by atoms with Gasteiger partial charge >= 0.3 is 0 Å². The highest BCUT2D eigenvalue weighted by Crippen LogP contribution is 2.16. The Bertz CT molecular complexity index is 200. The minimum atomic E-state index is -0.452. The van der Waals surface area contributed by atoms with Crippen LogP contribution < -0.4 is 5.32 Å². The first-order valence-electron chi connectivity index (χ1n) is 4.58. The van der Waals surface area contributed by atoms with E-state index in [1.54, 1.807) is 11.9 Å². The number of rotatable bonds is 3. The standard InChI is InChI=1S/C9H18N2O2/c1-9(2,6-12)11(3)8(13)7-4-10-5-7/h7,10,12H,4-6H2,1-3H3. The Hall–Kier alpha value is -0.610. The van der Waals surface area contributed by atoms with Crippen LogP contribution in [0.3, 0.4) is 0 Å². The van der Waals surface area contributed by atoms with Gasteiger partial charge in [0.05, 0.1) is 18.1 Å². The predicted molar refractivity (Wildman–Crippen MR) is 50.3 cm³/mol. The van der Waals surface area contributed by atoms with Gasteiger partial charge in [0.2, 0.25) is 5.91 Å². The summed E-state index contributed by atoms with van der Waals surface area (Å²) in [5.41, 5.74) is -0.452. The molecular formula is C9H18N2O2. The zero-order chi connectivity index (χ0) is 10.1. The highest BCUT2D eigenvalue weighted by atomic mass is 16.3. The van der Waals surface area contributed by atoms with Crippen molar-refractivity contribution in [3.63, 3.8) is 0 Å². The molecule has 0 aromatic heterocycles. The lowest BCUT2D eigenvalue weighted by Crippen LogP contribution is -2.56. The number of aliphatic hydroxyl groups is 1. The van der Waals surface area contributed by atoms with Gasteiger partial charge in [-0.05, 0) is 13.8 Å². The van der Waals surface area contributed by atoms with Crippen LogP contribution in [0.1, 0.15) is 13.8 Å². The van der Waals surface area contributed by atoms with Gasteiger partial charge in [-0.15, -0.1) is 0 Å². The summed E-state index contributed by atoms with van der Waals surface area (Å²) < 4.78 is 0. The van der Waals surface area contributed by atoms with E-state index in [4.69, 9.17) is 5.11 Å². The van der Waals surface area contributed by atoms with Crippen molar-refractivity contribution < 1.29 is 9.90 Å². The molecule has 0 saturated carbocycles. The van der Waals surface area contributed by atoms with Gasteiger partial charge in [0.15, 0.2) is 0 Å². The van der Waals surface area contributed by atoms with E-state index in [0.29, 0.717) is 0 Å². The molecule has 1 amide bonds. The Labute approximate surface area is 78.9 Å². The van der Waals surface area contributed by atoms with Crippen LogP contribution in [-0.4, -0.2) is 48.2 Å². The number of carbonyl (C=O) groups excluding carboxylic acids is 1. The van der Waals surface area contributed by atoms with Gasteiger partial charge in [-0.25, -0.2) is 0 Å². The average Bonchev–Trinajstić information content (AvgIpc) is 1.99. The number of likely N-dealkylation sites (N-methyl/N-ethyl adjacent to an activating group) is 1. The summed E-state index contributed by atoms with van der Waals surface area (Å²) in [5.74, 6) is 0.230. The van der Waals surface area contributed by atoms with Crippen molar-refractivity contribution >= 4 is 5.91 Å². The smallest absolute Gasteiger partial charge is 0.228 e. The molecule has 0 unspecified atom stereocenters. The molecule has 1 saturated heterocycles. The monoisotopic (exact) mass is 186 g/mol. The molecule has 0 spiro atoms. The largest absolute Gasteiger partial charge is 0.394 e. The van der Waals surface area contributed by atoms with Crippen molar-refractivity contribution in [2.75, 3.05) is 26.7 Å². The number of amides is 1. The number of nitrogens with one attached hydrogen (secondary N) is 1. The molecule has 1 aliphatic heterocycles. The zero-order valence-electron chi connectivity index (χ0n) is 8.50. The predicted octanol–water partition coefficient (Wildman–Crippen LogP) is -0.565. The van der Waals surface area contributed by atoms with Crippen LogP contribution in [0.5, 0.6) is 0 Å². The molecule has 4 nitrogen and oxygen atoms in total. The molecule has 4 heteroatoms. The Morgan fingerprint density at radius 3 is 2.46 bits per heavy atom. The molecular weight excluding hydrogens is 168 g/mol. The molecule has 1 rings (SSSR count). The van der Waals surface area contributed by atoms with Crippen LogP contribution in [0.15, 0.2) is 0 Å². The van der Waals surface area contributed by atoms with E-state index in [1.165, 1.54) is 0 Å². The van der Waals surface area contributed by atoms with Crippen LogP contribution in [0.25, 0.3) is 0 Å². The maximum absolute atomic E-state index is 11.7. The van der Waals surface area contributed by atoms with Crippen LogP contribution in [0.2, 0.25) is 0 Å². The number of aliphatic hydroxyl groups excluding tert-OH is 1. The summed E-state index contributed by atoms with van der Waals surface area (Å²) in [6.45, 7) is 5.25. The SMILES string of the molecule is CN(C(=O)C1CNC1)C(C)(C)CO. The van der Waals surface area contributed by atoms with Gasteiger partial charge in [0, 0.05) is 20.1 Å². The van der Waals surface area contributed by atoms with Crippen molar-refractivity contribution in [2.45, 2.75) is 19.4 Å². The second-order valence-electron chi connectivity index (χ2n) is 4.22. The van der Waals surface area contributed by atoms with Crippen LogP contribution in [0.4, 0.5) is 0 Å². The van der Waals surface area contributed by atoms with E-state index in [1.807, 2.05) is 13.8 Å². The fourth-order valence-corrected chi connectivity index (χ4v) is 1.14. The molecule has 1 fully saturated rings. The lowest BCUT2D eigenvalue weighted by atomic mass is 9.97. The number of carbonyl (C=O) groups is 1. The van der Waals surface area contributed by atoms with Crippen molar-refractivity contribution in [3.8, 4) is 0 Å². The maximum Gasteiger partial charge on any atom is 0.228 e. The van der Waals surface area contributed by atoms with Gasteiger partial charge in [0.1, 0.15) is 0 Å². The second-order valence-corrected chi connectivity index (χ2v) is 4.22. The molecule has 1 heterocycles. The van der Waals surface area contributed by atoms with Gasteiger partial charge < -0.3 is 15.3 Å². The van der Waals surface area contributed by atoms with E-state index in [0.717, 1.165) is 13.1 Å². The highest BCUT2D eigenvalue weighted by Gasteiger charge is 2.34. The summed E-state index contributed by atoms with van der Waals surface area (Å²) in [6, 6.07) is 0. The molecule has 2 N–H and O–H groups in total. The third kappa shape index (κ3) is 2.00. The Morgan fingerprint density at radius 2 is 2.15 bits per heavy atom. The van der Waals surface area contributed by atoms with E-state index < -0.39 is 5.54 Å². The summed E-state index contributed by atoms with van der Waals surface area (Å²) in [4.78, 5) is 13.3. The summed E-state index contributed by atoms with van der Waals surface area (Å²) in [6.07, 6.45) is 0. The topological polar surface area (TPSA) is 52.6 Å².